The number of esters is 1. The Hall–Kier alpha value is -0.950. The Bertz CT molecular complexity index is 484. The van der Waals surface area contributed by atoms with Gasteiger partial charge in [0, 0.05) is 24.8 Å². The van der Waals surface area contributed by atoms with Crippen LogP contribution in [0.3, 0.4) is 0 Å². The highest BCUT2D eigenvalue weighted by Crippen LogP contribution is 2.41. The molecule has 1 heterocycles. The molecular formula is C19H30O6. The summed E-state index contributed by atoms with van der Waals surface area (Å²) in [6, 6.07) is 0. The second-order valence-electron chi connectivity index (χ2n) is 7.90. The molecule has 0 amide bonds. The smallest absolute Gasteiger partial charge is 0.330 e. The van der Waals surface area contributed by atoms with Crippen LogP contribution in [0.1, 0.15) is 45.4 Å². The standard InChI is InChI=1S/C19H30O6/c1-3-18(22)25-17-5-4-13(8-15(17)20)14-10-23-19(24-11-14)7-6-12(2)16(21)9-19/h3,12-17,20-21H,1,4-11H2,2H3. The molecule has 5 atom stereocenters. The van der Waals surface area contributed by atoms with Crippen molar-refractivity contribution in [3.05, 3.63) is 12.7 Å². The van der Waals surface area contributed by atoms with Crippen molar-refractivity contribution < 1.29 is 29.2 Å². The molecule has 0 aromatic heterocycles. The van der Waals surface area contributed by atoms with Crippen LogP contribution in [0.2, 0.25) is 0 Å². The Balaban J connectivity index is 1.49. The summed E-state index contributed by atoms with van der Waals surface area (Å²) >= 11 is 0. The number of aliphatic hydroxyl groups is 2. The van der Waals surface area contributed by atoms with Gasteiger partial charge in [0.25, 0.3) is 0 Å². The van der Waals surface area contributed by atoms with Crippen molar-refractivity contribution in [2.24, 2.45) is 17.8 Å². The maximum Gasteiger partial charge on any atom is 0.330 e. The topological polar surface area (TPSA) is 85.2 Å². The predicted octanol–water partition coefficient (Wildman–Crippen LogP) is 1.79. The molecule has 142 valence electrons. The van der Waals surface area contributed by atoms with Gasteiger partial charge in [0.2, 0.25) is 0 Å². The van der Waals surface area contributed by atoms with E-state index in [4.69, 9.17) is 14.2 Å². The van der Waals surface area contributed by atoms with Crippen molar-refractivity contribution in [1.82, 2.24) is 0 Å². The SMILES string of the molecule is C=CC(=O)OC1CCC(C2COC3(CCC(C)C(O)C3)OC2)CC1O. The minimum Gasteiger partial charge on any atom is -0.456 e. The molecule has 6 nitrogen and oxygen atoms in total. The molecule has 1 saturated heterocycles. The molecule has 1 aliphatic heterocycles. The Morgan fingerprint density at radius 1 is 1.16 bits per heavy atom. The van der Waals surface area contributed by atoms with Gasteiger partial charge in [-0.05, 0) is 37.5 Å². The third kappa shape index (κ3) is 4.25. The highest BCUT2D eigenvalue weighted by molar-refractivity contribution is 5.81. The minimum atomic E-state index is -0.657. The average molecular weight is 354 g/mol. The van der Waals surface area contributed by atoms with Crippen LogP contribution in [0.4, 0.5) is 0 Å². The first-order valence-electron chi connectivity index (χ1n) is 9.39. The summed E-state index contributed by atoms with van der Waals surface area (Å²) < 4.78 is 17.3. The maximum atomic E-state index is 11.3. The van der Waals surface area contributed by atoms with E-state index in [1.165, 1.54) is 0 Å². The summed E-state index contributed by atoms with van der Waals surface area (Å²) in [4.78, 5) is 11.3. The molecule has 3 aliphatic rings. The van der Waals surface area contributed by atoms with Crippen molar-refractivity contribution in [3.8, 4) is 0 Å². The lowest BCUT2D eigenvalue weighted by atomic mass is 9.77. The third-order valence-electron chi connectivity index (χ3n) is 6.17. The van der Waals surface area contributed by atoms with Crippen molar-refractivity contribution in [3.63, 3.8) is 0 Å². The average Bonchev–Trinajstić information content (AvgIpc) is 2.61. The summed E-state index contributed by atoms with van der Waals surface area (Å²) in [5.74, 6) is -0.304. The van der Waals surface area contributed by atoms with Gasteiger partial charge in [-0.1, -0.05) is 13.5 Å². The van der Waals surface area contributed by atoms with Crippen molar-refractivity contribution in [2.75, 3.05) is 13.2 Å². The summed E-state index contributed by atoms with van der Waals surface area (Å²) in [7, 11) is 0. The van der Waals surface area contributed by atoms with E-state index in [-0.39, 0.29) is 12.0 Å². The van der Waals surface area contributed by atoms with Crippen LogP contribution in [0, 0.1) is 17.8 Å². The molecule has 0 bridgehead atoms. The summed E-state index contributed by atoms with van der Waals surface area (Å²) in [5.41, 5.74) is 0. The Kier molecular flexibility index (Phi) is 5.83. The first-order chi connectivity index (χ1) is 11.9. The van der Waals surface area contributed by atoms with E-state index >= 15 is 0 Å². The number of hydrogen-bond acceptors (Lipinski definition) is 6. The summed E-state index contributed by atoms with van der Waals surface area (Å²) in [5, 5.41) is 20.4. The maximum absolute atomic E-state index is 11.3. The second kappa shape index (κ2) is 7.74. The van der Waals surface area contributed by atoms with Gasteiger partial charge in [0.05, 0.1) is 25.4 Å². The third-order valence-corrected chi connectivity index (χ3v) is 6.17. The number of aliphatic hydroxyl groups excluding tert-OH is 2. The van der Waals surface area contributed by atoms with Gasteiger partial charge in [-0.25, -0.2) is 4.79 Å². The van der Waals surface area contributed by atoms with Crippen molar-refractivity contribution in [2.45, 2.75) is 69.5 Å². The quantitative estimate of drug-likeness (QED) is 0.594. The van der Waals surface area contributed by atoms with E-state index in [0.29, 0.717) is 44.3 Å². The van der Waals surface area contributed by atoms with E-state index < -0.39 is 24.0 Å². The Labute approximate surface area is 149 Å². The van der Waals surface area contributed by atoms with Gasteiger partial charge < -0.3 is 24.4 Å². The predicted molar refractivity (Wildman–Crippen MR) is 90.6 cm³/mol. The van der Waals surface area contributed by atoms with E-state index in [1.807, 2.05) is 0 Å². The zero-order chi connectivity index (χ0) is 18.0. The summed E-state index contributed by atoms with van der Waals surface area (Å²) in [6.07, 6.45) is 4.01. The molecule has 2 saturated carbocycles. The summed E-state index contributed by atoms with van der Waals surface area (Å²) in [6.45, 7) is 6.63. The number of rotatable bonds is 3. The fourth-order valence-corrected chi connectivity index (χ4v) is 4.32. The molecule has 1 spiro atoms. The Morgan fingerprint density at radius 3 is 2.48 bits per heavy atom. The molecule has 6 heteroatoms. The minimum absolute atomic E-state index is 0.229. The first-order valence-corrected chi connectivity index (χ1v) is 9.39. The lowest BCUT2D eigenvalue weighted by Gasteiger charge is -2.47. The molecule has 5 unspecified atom stereocenters. The van der Waals surface area contributed by atoms with Gasteiger partial charge in [0.15, 0.2) is 5.79 Å². The molecule has 2 N–H and O–H groups in total. The number of carbonyl (C=O) groups is 1. The molecule has 0 aromatic carbocycles. The lowest BCUT2D eigenvalue weighted by Crippen LogP contribution is -2.52. The molecule has 0 aromatic rings. The van der Waals surface area contributed by atoms with Crippen LogP contribution in [-0.2, 0) is 19.0 Å². The molecule has 0 radical (unpaired) electrons. The largest absolute Gasteiger partial charge is 0.456 e. The second-order valence-corrected chi connectivity index (χ2v) is 7.90. The first kappa shape index (κ1) is 18.8. The van der Waals surface area contributed by atoms with Gasteiger partial charge in [-0.3, -0.25) is 0 Å². The van der Waals surface area contributed by atoms with Gasteiger partial charge in [0.1, 0.15) is 6.10 Å². The molecular weight excluding hydrogens is 324 g/mol. The van der Waals surface area contributed by atoms with E-state index in [2.05, 4.69) is 13.5 Å². The lowest BCUT2D eigenvalue weighted by molar-refractivity contribution is -0.313. The molecule has 2 aliphatic carbocycles. The number of ether oxygens (including phenoxy) is 3. The van der Waals surface area contributed by atoms with Gasteiger partial charge in [-0.2, -0.15) is 0 Å². The fourth-order valence-electron chi connectivity index (χ4n) is 4.32. The fraction of sp³-hybridized carbons (Fsp3) is 0.842. The van der Waals surface area contributed by atoms with Gasteiger partial charge >= 0.3 is 5.97 Å². The van der Waals surface area contributed by atoms with E-state index in [9.17, 15) is 15.0 Å². The monoisotopic (exact) mass is 354 g/mol. The highest BCUT2D eigenvalue weighted by atomic mass is 16.7. The van der Waals surface area contributed by atoms with Crippen LogP contribution in [0.5, 0.6) is 0 Å². The van der Waals surface area contributed by atoms with Crippen molar-refractivity contribution >= 4 is 5.97 Å². The van der Waals surface area contributed by atoms with E-state index in [0.717, 1.165) is 25.3 Å². The highest BCUT2D eigenvalue weighted by Gasteiger charge is 2.46. The number of carbonyl (C=O) groups excluding carboxylic acids is 1. The molecule has 25 heavy (non-hydrogen) atoms. The van der Waals surface area contributed by atoms with Crippen LogP contribution < -0.4 is 0 Å². The van der Waals surface area contributed by atoms with Crippen LogP contribution in [-0.4, -0.2) is 53.5 Å². The molecule has 3 fully saturated rings. The molecule has 3 rings (SSSR count). The number of hydrogen-bond donors (Lipinski definition) is 2. The zero-order valence-electron chi connectivity index (χ0n) is 14.9. The van der Waals surface area contributed by atoms with Crippen LogP contribution >= 0.6 is 0 Å². The Morgan fingerprint density at radius 2 is 1.88 bits per heavy atom. The normalized spacial score (nSPS) is 45.1. The van der Waals surface area contributed by atoms with Crippen LogP contribution in [0.25, 0.3) is 0 Å². The van der Waals surface area contributed by atoms with Crippen molar-refractivity contribution in [1.29, 1.82) is 0 Å². The van der Waals surface area contributed by atoms with E-state index in [1.54, 1.807) is 0 Å². The zero-order valence-corrected chi connectivity index (χ0v) is 14.9. The van der Waals surface area contributed by atoms with Gasteiger partial charge in [-0.15, -0.1) is 0 Å². The van der Waals surface area contributed by atoms with Crippen LogP contribution in [0.15, 0.2) is 12.7 Å².